The number of aromatic amines is 1. The molecule has 0 fully saturated rings. The van der Waals surface area contributed by atoms with Crippen LogP contribution in [0.4, 0.5) is 13.2 Å². The minimum atomic E-state index is -5.05. The largest absolute Gasteiger partial charge is 0.454 e. The molecule has 0 aliphatic heterocycles. The number of ketones is 1. The van der Waals surface area contributed by atoms with Gasteiger partial charge in [-0.1, -0.05) is 0 Å². The smallest absolute Gasteiger partial charge is 0.397 e. The molecule has 4 N–H and O–H groups in total. The second kappa shape index (κ2) is 7.37. The number of nitrogens with two attached hydrogens (primary N) is 1. The number of allylic oxidation sites excluding steroid dienone is 1. The highest BCUT2D eigenvalue weighted by Crippen LogP contribution is 2.27. The van der Waals surface area contributed by atoms with Crippen molar-refractivity contribution < 1.29 is 26.4 Å². The van der Waals surface area contributed by atoms with Gasteiger partial charge in [0.15, 0.2) is 0 Å². The van der Waals surface area contributed by atoms with Crippen LogP contribution in [0.15, 0.2) is 46.8 Å². The van der Waals surface area contributed by atoms with E-state index in [9.17, 15) is 26.4 Å². The fourth-order valence-electron chi connectivity index (χ4n) is 2.27. The summed E-state index contributed by atoms with van der Waals surface area (Å²) >= 11 is 0.655. The Kier molecular flexibility index (Phi) is 5.28. The van der Waals surface area contributed by atoms with Crippen LogP contribution < -0.4 is 10.5 Å². The Labute approximate surface area is 161 Å². The number of nitrogens with one attached hydrogen (secondary N) is 2. The average Bonchev–Trinajstić information content (AvgIpc) is 3.26. The van der Waals surface area contributed by atoms with Crippen molar-refractivity contribution in [1.29, 1.82) is 0 Å². The van der Waals surface area contributed by atoms with Gasteiger partial charge in [0.25, 0.3) is 5.78 Å². The van der Waals surface area contributed by atoms with Crippen molar-refractivity contribution in [1.82, 2.24) is 14.7 Å². The molecule has 0 aromatic carbocycles. The summed E-state index contributed by atoms with van der Waals surface area (Å²) in [7, 11) is -3.93. The summed E-state index contributed by atoms with van der Waals surface area (Å²) < 4.78 is 63.9. The van der Waals surface area contributed by atoms with Crippen LogP contribution in [0.2, 0.25) is 0 Å². The quantitative estimate of drug-likeness (QED) is 0.520. The molecule has 0 saturated carbocycles. The van der Waals surface area contributed by atoms with Crippen molar-refractivity contribution in [3.8, 4) is 0 Å². The zero-order valence-electron chi connectivity index (χ0n) is 13.9. The Morgan fingerprint density at radius 1 is 1.32 bits per heavy atom. The van der Waals surface area contributed by atoms with Crippen molar-refractivity contribution in [3.05, 3.63) is 53.2 Å². The fraction of sp³-hybridized carbons (Fsp3) is 0.125. The molecule has 148 valence electrons. The van der Waals surface area contributed by atoms with Gasteiger partial charge in [-0.15, -0.1) is 11.3 Å². The maximum absolute atomic E-state index is 12.4. The predicted molar refractivity (Wildman–Crippen MR) is 97.7 cm³/mol. The van der Waals surface area contributed by atoms with E-state index in [0.717, 1.165) is 5.39 Å². The maximum Gasteiger partial charge on any atom is 0.454 e. The van der Waals surface area contributed by atoms with Crippen LogP contribution in [0.3, 0.4) is 0 Å². The first-order valence-electron chi connectivity index (χ1n) is 7.67. The third-order valence-electron chi connectivity index (χ3n) is 3.60. The summed E-state index contributed by atoms with van der Waals surface area (Å²) in [4.78, 5) is 18.1. The van der Waals surface area contributed by atoms with E-state index >= 15 is 0 Å². The molecule has 0 saturated heterocycles. The SMILES string of the molecule is NC(=CC(=O)C(F)(F)F)c1ccc(S(=O)(=O)NCc2cc3cccnc3[nH]2)s1. The molecule has 3 aromatic rings. The molecular formula is C16H13F3N4O3S2. The topological polar surface area (TPSA) is 118 Å². The number of hydrogen-bond acceptors (Lipinski definition) is 6. The predicted octanol–water partition coefficient (Wildman–Crippen LogP) is 2.53. The number of H-pyrrole nitrogens is 1. The Morgan fingerprint density at radius 3 is 2.75 bits per heavy atom. The van der Waals surface area contributed by atoms with Gasteiger partial charge in [-0.3, -0.25) is 4.79 Å². The van der Waals surface area contributed by atoms with Crippen LogP contribution in [0.5, 0.6) is 0 Å². The van der Waals surface area contributed by atoms with Crippen LogP contribution in [0.25, 0.3) is 16.7 Å². The first kappa shape index (κ1) is 20.0. The van der Waals surface area contributed by atoms with Crippen LogP contribution in [-0.4, -0.2) is 30.3 Å². The van der Waals surface area contributed by atoms with Crippen molar-refractivity contribution >= 4 is 43.9 Å². The molecule has 0 bridgehead atoms. The standard InChI is InChI=1S/C16H13F3N4O3S2/c17-16(18,19)13(24)7-11(20)12-3-4-14(27-12)28(25,26)22-8-10-6-9-2-1-5-21-15(9)23-10/h1-7,22H,8,20H2,(H,21,23). The van der Waals surface area contributed by atoms with Crippen molar-refractivity contribution in [2.75, 3.05) is 0 Å². The minimum Gasteiger partial charge on any atom is -0.397 e. The average molecular weight is 430 g/mol. The normalized spacial score (nSPS) is 13.2. The van der Waals surface area contributed by atoms with E-state index in [0.29, 0.717) is 22.7 Å². The van der Waals surface area contributed by atoms with Gasteiger partial charge < -0.3 is 10.7 Å². The molecule has 0 amide bonds. The molecule has 3 rings (SSSR count). The monoisotopic (exact) mass is 430 g/mol. The van der Waals surface area contributed by atoms with Gasteiger partial charge >= 0.3 is 6.18 Å². The number of halogens is 3. The fourth-order valence-corrected chi connectivity index (χ4v) is 4.55. The van der Waals surface area contributed by atoms with Crippen molar-refractivity contribution in [2.45, 2.75) is 16.9 Å². The van der Waals surface area contributed by atoms with E-state index in [1.54, 1.807) is 18.3 Å². The zero-order chi connectivity index (χ0) is 20.5. The van der Waals surface area contributed by atoms with Gasteiger partial charge in [0.1, 0.15) is 9.86 Å². The van der Waals surface area contributed by atoms with E-state index in [-0.39, 0.29) is 21.7 Å². The zero-order valence-corrected chi connectivity index (χ0v) is 15.6. The molecule has 7 nitrogen and oxygen atoms in total. The van der Waals surface area contributed by atoms with Gasteiger partial charge in [-0.2, -0.15) is 13.2 Å². The molecule has 0 unspecified atom stereocenters. The van der Waals surface area contributed by atoms with E-state index in [2.05, 4.69) is 14.7 Å². The number of carbonyl (C=O) groups excluding carboxylic acids is 1. The lowest BCUT2D eigenvalue weighted by atomic mass is 10.2. The van der Waals surface area contributed by atoms with Crippen LogP contribution in [0, 0.1) is 0 Å². The summed E-state index contributed by atoms with van der Waals surface area (Å²) in [6.45, 7) is -0.0379. The Balaban J connectivity index is 1.74. The van der Waals surface area contributed by atoms with E-state index < -0.39 is 27.7 Å². The van der Waals surface area contributed by atoms with Crippen LogP contribution in [0.1, 0.15) is 10.6 Å². The van der Waals surface area contributed by atoms with Crippen LogP contribution >= 0.6 is 11.3 Å². The van der Waals surface area contributed by atoms with Crippen molar-refractivity contribution in [3.63, 3.8) is 0 Å². The van der Waals surface area contributed by atoms with Gasteiger partial charge in [0, 0.05) is 23.4 Å². The van der Waals surface area contributed by atoms with Gasteiger partial charge in [0.05, 0.1) is 17.1 Å². The third-order valence-corrected chi connectivity index (χ3v) is 6.62. The van der Waals surface area contributed by atoms with Gasteiger partial charge in [-0.05, 0) is 30.3 Å². The molecule has 0 atom stereocenters. The molecular weight excluding hydrogens is 417 g/mol. The highest BCUT2D eigenvalue weighted by molar-refractivity contribution is 7.91. The number of pyridine rings is 1. The lowest BCUT2D eigenvalue weighted by Gasteiger charge is -2.03. The molecule has 28 heavy (non-hydrogen) atoms. The van der Waals surface area contributed by atoms with E-state index in [1.165, 1.54) is 12.1 Å². The number of rotatable bonds is 6. The number of sulfonamides is 1. The summed E-state index contributed by atoms with van der Waals surface area (Å²) in [6.07, 6.45) is -3.22. The molecule has 0 aliphatic carbocycles. The highest BCUT2D eigenvalue weighted by atomic mass is 32.2. The minimum absolute atomic E-state index is 0.0350. The molecule has 0 spiro atoms. The number of carbonyl (C=O) groups is 1. The Hall–Kier alpha value is -2.70. The molecule has 0 aliphatic rings. The lowest BCUT2D eigenvalue weighted by Crippen LogP contribution is -2.22. The Bertz CT molecular complexity index is 1130. The maximum atomic E-state index is 12.4. The summed E-state index contributed by atoms with van der Waals surface area (Å²) in [5.74, 6) is -2.12. The van der Waals surface area contributed by atoms with Crippen LogP contribution in [-0.2, 0) is 21.4 Å². The Morgan fingerprint density at radius 2 is 2.07 bits per heavy atom. The number of fused-ring (bicyclic) bond motifs is 1. The number of hydrogen-bond donors (Lipinski definition) is 3. The number of nitrogens with zero attached hydrogens (tertiary/aromatic N) is 1. The molecule has 3 aromatic heterocycles. The van der Waals surface area contributed by atoms with Gasteiger partial charge in [-0.25, -0.2) is 18.1 Å². The highest BCUT2D eigenvalue weighted by Gasteiger charge is 2.36. The second-order valence-corrected chi connectivity index (χ2v) is 8.72. The second-order valence-electron chi connectivity index (χ2n) is 5.64. The molecule has 0 radical (unpaired) electrons. The number of aromatic nitrogens is 2. The van der Waals surface area contributed by atoms with Crippen molar-refractivity contribution in [2.24, 2.45) is 5.73 Å². The summed E-state index contributed by atoms with van der Waals surface area (Å²) in [5, 5.41) is 0.822. The third kappa shape index (κ3) is 4.40. The lowest BCUT2D eigenvalue weighted by molar-refractivity contribution is -0.165. The van der Waals surface area contributed by atoms with E-state index in [1.807, 2.05) is 6.07 Å². The first-order chi connectivity index (χ1) is 13.1. The van der Waals surface area contributed by atoms with E-state index in [4.69, 9.17) is 5.73 Å². The molecule has 12 heteroatoms. The summed E-state index contributed by atoms with van der Waals surface area (Å²) in [6, 6.07) is 7.75. The number of alkyl halides is 3. The van der Waals surface area contributed by atoms with Gasteiger partial charge in [0.2, 0.25) is 10.0 Å². The first-order valence-corrected chi connectivity index (χ1v) is 9.97. The number of thiophene rings is 1. The summed E-state index contributed by atoms with van der Waals surface area (Å²) in [5.41, 5.74) is 6.22. The molecule has 3 heterocycles.